The molecule has 1 aromatic heterocycles. The van der Waals surface area contributed by atoms with Crippen molar-refractivity contribution in [1.29, 1.82) is 0 Å². The molecule has 2 rings (SSSR count). The first kappa shape index (κ1) is 12.9. The third kappa shape index (κ3) is 2.09. The number of halogens is 1. The van der Waals surface area contributed by atoms with Gasteiger partial charge in [-0.25, -0.2) is 0 Å². The van der Waals surface area contributed by atoms with E-state index in [1.165, 1.54) is 0 Å². The van der Waals surface area contributed by atoms with E-state index < -0.39 is 0 Å². The Kier molecular flexibility index (Phi) is 3.59. The van der Waals surface area contributed by atoms with Crippen molar-refractivity contribution < 1.29 is 4.74 Å². The lowest BCUT2D eigenvalue weighted by Crippen LogP contribution is -2.05. The molecule has 0 saturated heterocycles. The highest BCUT2D eigenvalue weighted by Gasteiger charge is 2.13. The summed E-state index contributed by atoms with van der Waals surface area (Å²) >= 11 is 6.13. The van der Waals surface area contributed by atoms with Gasteiger partial charge in [0.15, 0.2) is 0 Å². The Balaban J connectivity index is 2.52. The van der Waals surface area contributed by atoms with Crippen molar-refractivity contribution in [2.75, 3.05) is 7.11 Å². The SMILES string of the molecule is COc1ccc(-c2nn(C)c(CN)c2C)cc1Cl. The summed E-state index contributed by atoms with van der Waals surface area (Å²) < 4.78 is 6.95. The van der Waals surface area contributed by atoms with Crippen LogP contribution in [0, 0.1) is 6.92 Å². The van der Waals surface area contributed by atoms with Crippen LogP contribution in [0.4, 0.5) is 0 Å². The molecule has 0 atom stereocenters. The van der Waals surface area contributed by atoms with Crippen molar-refractivity contribution in [3.05, 3.63) is 34.5 Å². The molecule has 1 aromatic carbocycles. The zero-order valence-electron chi connectivity index (χ0n) is 10.7. The van der Waals surface area contributed by atoms with Crippen LogP contribution in [0.15, 0.2) is 18.2 Å². The Morgan fingerprint density at radius 3 is 2.67 bits per heavy atom. The summed E-state index contributed by atoms with van der Waals surface area (Å²) in [5.74, 6) is 0.660. The number of methoxy groups -OCH3 is 1. The number of hydrogen-bond acceptors (Lipinski definition) is 3. The van der Waals surface area contributed by atoms with Crippen LogP contribution in [0.3, 0.4) is 0 Å². The maximum Gasteiger partial charge on any atom is 0.137 e. The summed E-state index contributed by atoms with van der Waals surface area (Å²) in [6.07, 6.45) is 0. The molecule has 0 saturated carbocycles. The number of nitrogens with two attached hydrogens (primary N) is 1. The molecule has 2 N–H and O–H groups in total. The topological polar surface area (TPSA) is 53.1 Å². The van der Waals surface area contributed by atoms with Gasteiger partial charge in [0.2, 0.25) is 0 Å². The van der Waals surface area contributed by atoms with Gasteiger partial charge in [0.25, 0.3) is 0 Å². The summed E-state index contributed by atoms with van der Waals surface area (Å²) in [5, 5.41) is 5.06. The zero-order valence-corrected chi connectivity index (χ0v) is 11.5. The molecule has 0 aliphatic heterocycles. The van der Waals surface area contributed by atoms with Gasteiger partial charge in [0.1, 0.15) is 5.75 Å². The Morgan fingerprint density at radius 2 is 2.17 bits per heavy atom. The first-order valence-corrected chi connectivity index (χ1v) is 6.02. The maximum absolute atomic E-state index is 6.13. The molecule has 0 fully saturated rings. The summed E-state index contributed by atoms with van der Waals surface area (Å²) in [6, 6.07) is 5.64. The maximum atomic E-state index is 6.13. The van der Waals surface area contributed by atoms with Gasteiger partial charge in [0.05, 0.1) is 23.5 Å². The first-order valence-electron chi connectivity index (χ1n) is 5.65. The van der Waals surface area contributed by atoms with E-state index in [0.717, 1.165) is 22.5 Å². The number of nitrogens with zero attached hydrogens (tertiary/aromatic N) is 2. The molecular weight excluding hydrogens is 250 g/mol. The molecule has 2 aromatic rings. The molecule has 0 spiro atoms. The van der Waals surface area contributed by atoms with Crippen molar-refractivity contribution >= 4 is 11.6 Å². The first-order chi connectivity index (χ1) is 8.58. The van der Waals surface area contributed by atoms with E-state index in [-0.39, 0.29) is 0 Å². The van der Waals surface area contributed by atoms with Crippen LogP contribution in [0.25, 0.3) is 11.3 Å². The molecule has 0 bridgehead atoms. The van der Waals surface area contributed by atoms with E-state index in [1.54, 1.807) is 7.11 Å². The summed E-state index contributed by atoms with van der Waals surface area (Å²) in [5.41, 5.74) is 9.69. The van der Waals surface area contributed by atoms with Crippen LogP contribution in [-0.2, 0) is 13.6 Å². The van der Waals surface area contributed by atoms with Gasteiger partial charge >= 0.3 is 0 Å². The van der Waals surface area contributed by atoms with Crippen LogP contribution in [0.1, 0.15) is 11.3 Å². The lowest BCUT2D eigenvalue weighted by Gasteiger charge is -2.05. The number of rotatable bonds is 3. The molecule has 0 unspecified atom stereocenters. The van der Waals surface area contributed by atoms with E-state index >= 15 is 0 Å². The van der Waals surface area contributed by atoms with Crippen molar-refractivity contribution in [2.24, 2.45) is 12.8 Å². The highest BCUT2D eigenvalue weighted by Crippen LogP contribution is 2.31. The molecule has 96 valence electrons. The second-order valence-corrected chi connectivity index (χ2v) is 4.50. The lowest BCUT2D eigenvalue weighted by molar-refractivity contribution is 0.415. The van der Waals surface area contributed by atoms with Gasteiger partial charge in [0, 0.05) is 19.2 Å². The van der Waals surface area contributed by atoms with Gasteiger partial charge in [-0.15, -0.1) is 0 Å². The molecule has 0 aliphatic rings. The number of aromatic nitrogens is 2. The minimum absolute atomic E-state index is 0.471. The molecule has 0 radical (unpaired) electrons. The predicted octanol–water partition coefficient (Wildman–Crippen LogP) is 2.52. The Bertz CT molecular complexity index is 578. The molecule has 0 aliphatic carbocycles. The van der Waals surface area contributed by atoms with Gasteiger partial charge in [-0.1, -0.05) is 11.6 Å². The monoisotopic (exact) mass is 265 g/mol. The highest BCUT2D eigenvalue weighted by atomic mass is 35.5. The molecule has 5 heteroatoms. The average Bonchev–Trinajstić information content (AvgIpc) is 2.64. The minimum Gasteiger partial charge on any atom is -0.495 e. The van der Waals surface area contributed by atoms with Crippen LogP contribution >= 0.6 is 11.6 Å². The van der Waals surface area contributed by atoms with Crippen LogP contribution in [0.5, 0.6) is 5.75 Å². The average molecular weight is 266 g/mol. The number of aryl methyl sites for hydroxylation is 1. The largest absolute Gasteiger partial charge is 0.495 e. The quantitative estimate of drug-likeness (QED) is 0.928. The Hall–Kier alpha value is -1.52. The smallest absolute Gasteiger partial charge is 0.137 e. The van der Waals surface area contributed by atoms with Crippen molar-refractivity contribution in [3.8, 4) is 17.0 Å². The lowest BCUT2D eigenvalue weighted by atomic mass is 10.1. The fraction of sp³-hybridized carbons (Fsp3) is 0.308. The zero-order chi connectivity index (χ0) is 13.3. The van der Waals surface area contributed by atoms with E-state index in [9.17, 15) is 0 Å². The standard InChI is InChI=1S/C13H16ClN3O/c1-8-11(7-15)17(2)16-13(8)9-4-5-12(18-3)10(14)6-9/h4-6H,7,15H2,1-3H3. The number of ether oxygens (including phenoxy) is 1. The number of hydrogen-bond donors (Lipinski definition) is 1. The van der Waals surface area contributed by atoms with E-state index in [0.29, 0.717) is 17.3 Å². The van der Waals surface area contributed by atoms with E-state index in [2.05, 4.69) is 5.10 Å². The molecule has 1 heterocycles. The van der Waals surface area contributed by atoms with Gasteiger partial charge in [-0.3, -0.25) is 4.68 Å². The van der Waals surface area contributed by atoms with Crippen LogP contribution < -0.4 is 10.5 Å². The van der Waals surface area contributed by atoms with Gasteiger partial charge in [-0.05, 0) is 30.7 Å². The van der Waals surface area contributed by atoms with Gasteiger partial charge < -0.3 is 10.5 Å². The summed E-state index contributed by atoms with van der Waals surface area (Å²) in [7, 11) is 3.49. The third-order valence-electron chi connectivity index (χ3n) is 3.05. The fourth-order valence-electron chi connectivity index (χ4n) is 2.04. The van der Waals surface area contributed by atoms with E-state index in [4.69, 9.17) is 22.1 Å². The second kappa shape index (κ2) is 5.00. The van der Waals surface area contributed by atoms with Crippen molar-refractivity contribution in [2.45, 2.75) is 13.5 Å². The van der Waals surface area contributed by atoms with Crippen LogP contribution in [-0.4, -0.2) is 16.9 Å². The summed E-state index contributed by atoms with van der Waals surface area (Å²) in [4.78, 5) is 0. The van der Waals surface area contributed by atoms with Crippen LogP contribution in [0.2, 0.25) is 5.02 Å². The predicted molar refractivity (Wildman–Crippen MR) is 72.8 cm³/mol. The highest BCUT2D eigenvalue weighted by molar-refractivity contribution is 6.32. The molecule has 4 nitrogen and oxygen atoms in total. The van der Waals surface area contributed by atoms with Gasteiger partial charge in [-0.2, -0.15) is 5.10 Å². The second-order valence-electron chi connectivity index (χ2n) is 4.10. The normalized spacial score (nSPS) is 10.7. The molecular formula is C13H16ClN3O. The minimum atomic E-state index is 0.471. The number of benzene rings is 1. The van der Waals surface area contributed by atoms with Crippen molar-refractivity contribution in [3.63, 3.8) is 0 Å². The summed E-state index contributed by atoms with van der Waals surface area (Å²) in [6.45, 7) is 2.49. The van der Waals surface area contributed by atoms with E-state index in [1.807, 2.05) is 36.9 Å². The third-order valence-corrected chi connectivity index (χ3v) is 3.34. The van der Waals surface area contributed by atoms with Crippen molar-refractivity contribution in [1.82, 2.24) is 9.78 Å². The Labute approximate surface area is 111 Å². The molecule has 0 amide bonds. The fourth-order valence-corrected chi connectivity index (χ4v) is 2.30. The Morgan fingerprint density at radius 1 is 1.44 bits per heavy atom. The molecule has 18 heavy (non-hydrogen) atoms.